The van der Waals surface area contributed by atoms with Crippen LogP contribution in [0, 0.1) is 0 Å². The van der Waals surface area contributed by atoms with Crippen LogP contribution in [0.2, 0.25) is 10.0 Å². The van der Waals surface area contributed by atoms with Crippen molar-refractivity contribution in [2.75, 3.05) is 0 Å². The van der Waals surface area contributed by atoms with Crippen LogP contribution in [0.5, 0.6) is 0 Å². The molecule has 0 saturated carbocycles. The van der Waals surface area contributed by atoms with Crippen molar-refractivity contribution in [3.05, 3.63) is 86.3 Å². The second-order valence-electron chi connectivity index (χ2n) is 4.99. The molecule has 3 rings (SSSR count). The van der Waals surface area contributed by atoms with Gasteiger partial charge in [-0.1, -0.05) is 47.5 Å². The number of thiazole rings is 1. The lowest BCUT2D eigenvalue weighted by Gasteiger charge is -2.17. The maximum absolute atomic E-state index is 13.0. The summed E-state index contributed by atoms with van der Waals surface area (Å²) in [6, 6.07) is 14.9. The number of hydrogen-bond donors (Lipinski definition) is 0. The molecule has 0 saturated heterocycles. The van der Waals surface area contributed by atoms with Crippen LogP contribution in [0.4, 0.5) is 0 Å². The molecule has 0 aliphatic heterocycles. The molecule has 3 aromatic rings. The second kappa shape index (κ2) is 7.58. The molecule has 0 aliphatic carbocycles. The summed E-state index contributed by atoms with van der Waals surface area (Å²) in [4.78, 5) is 4.24. The quantitative estimate of drug-likeness (QED) is 0.584. The third-order valence-corrected chi connectivity index (χ3v) is 6.17. The highest BCUT2D eigenvalue weighted by Gasteiger charge is 2.22. The van der Waals surface area contributed by atoms with Gasteiger partial charge in [-0.3, -0.25) is 4.21 Å². The van der Waals surface area contributed by atoms with Gasteiger partial charge < -0.3 is 0 Å². The van der Waals surface area contributed by atoms with Crippen LogP contribution in [0.25, 0.3) is 0 Å². The molecule has 0 fully saturated rings. The van der Waals surface area contributed by atoms with E-state index < -0.39 is 10.8 Å². The fraction of sp³-hybridized carbons (Fsp3) is 0.118. The molecule has 0 aliphatic rings. The van der Waals surface area contributed by atoms with Gasteiger partial charge >= 0.3 is 0 Å². The van der Waals surface area contributed by atoms with Crippen LogP contribution in [-0.4, -0.2) is 9.19 Å². The Morgan fingerprint density at radius 1 is 0.957 bits per heavy atom. The third kappa shape index (κ3) is 4.21. The zero-order valence-electron chi connectivity index (χ0n) is 12.0. The maximum atomic E-state index is 13.0. The van der Waals surface area contributed by atoms with Gasteiger partial charge in [-0.2, -0.15) is 0 Å². The molecule has 0 N–H and O–H groups in total. The van der Waals surface area contributed by atoms with E-state index in [4.69, 9.17) is 23.2 Å². The summed E-state index contributed by atoms with van der Waals surface area (Å²) in [6.45, 7) is 0. The number of benzene rings is 2. The second-order valence-corrected chi connectivity index (χ2v) is 8.10. The topological polar surface area (TPSA) is 30.0 Å². The molecule has 2 aromatic carbocycles. The molecule has 0 bridgehead atoms. The average molecular weight is 382 g/mol. The predicted octanol–water partition coefficient (Wildman–Crippen LogP) is 5.49. The molecule has 6 heteroatoms. The van der Waals surface area contributed by atoms with Gasteiger partial charge in [0.15, 0.2) is 0 Å². The van der Waals surface area contributed by atoms with E-state index in [2.05, 4.69) is 4.98 Å². The molecule has 0 spiro atoms. The Labute approximate surface area is 151 Å². The lowest BCUT2D eigenvalue weighted by Crippen LogP contribution is -2.10. The van der Waals surface area contributed by atoms with E-state index in [0.29, 0.717) is 15.8 Å². The largest absolute Gasteiger partial charge is 0.258 e. The van der Waals surface area contributed by atoms with Crippen LogP contribution < -0.4 is 0 Å². The van der Waals surface area contributed by atoms with E-state index in [1.165, 1.54) is 11.3 Å². The summed E-state index contributed by atoms with van der Waals surface area (Å²) < 4.78 is 13.0. The van der Waals surface area contributed by atoms with E-state index in [1.54, 1.807) is 5.51 Å². The molecule has 23 heavy (non-hydrogen) atoms. The fourth-order valence-electron chi connectivity index (χ4n) is 2.31. The van der Waals surface area contributed by atoms with Gasteiger partial charge in [0.1, 0.15) is 0 Å². The third-order valence-electron chi connectivity index (χ3n) is 3.38. The van der Waals surface area contributed by atoms with Crippen LogP contribution in [0.15, 0.2) is 59.4 Å². The van der Waals surface area contributed by atoms with Gasteiger partial charge in [-0.15, -0.1) is 11.3 Å². The van der Waals surface area contributed by atoms with E-state index in [0.717, 1.165) is 16.8 Å². The Morgan fingerprint density at radius 2 is 1.48 bits per heavy atom. The predicted molar refractivity (Wildman–Crippen MR) is 98.7 cm³/mol. The number of hydrogen-bond acceptors (Lipinski definition) is 3. The number of nitrogens with zero attached hydrogens (tertiary/aromatic N) is 1. The van der Waals surface area contributed by atoms with Gasteiger partial charge in [0, 0.05) is 26.2 Å². The van der Waals surface area contributed by atoms with E-state index in [9.17, 15) is 4.21 Å². The normalized spacial score (nSPS) is 12.5. The minimum atomic E-state index is -1.14. The Morgan fingerprint density at radius 3 is 1.91 bits per heavy atom. The van der Waals surface area contributed by atoms with Gasteiger partial charge in [0.2, 0.25) is 0 Å². The Hall–Kier alpha value is -1.20. The molecule has 0 radical (unpaired) electrons. The first-order chi connectivity index (χ1) is 11.1. The first-order valence-electron chi connectivity index (χ1n) is 6.88. The van der Waals surface area contributed by atoms with Crippen molar-refractivity contribution in [3.8, 4) is 0 Å². The molecule has 1 heterocycles. The van der Waals surface area contributed by atoms with Gasteiger partial charge in [0.05, 0.1) is 22.2 Å². The average Bonchev–Trinajstić information content (AvgIpc) is 3.04. The Bertz CT molecular complexity index is 741. The van der Waals surface area contributed by atoms with Gasteiger partial charge in [-0.25, -0.2) is 4.98 Å². The highest BCUT2D eigenvalue weighted by Crippen LogP contribution is 2.31. The smallest absolute Gasteiger partial charge is 0.0850 e. The van der Waals surface area contributed by atoms with Crippen molar-refractivity contribution in [3.63, 3.8) is 0 Å². The zero-order chi connectivity index (χ0) is 16.2. The number of rotatable bonds is 5. The molecule has 0 amide bonds. The van der Waals surface area contributed by atoms with Crippen molar-refractivity contribution < 1.29 is 4.21 Å². The van der Waals surface area contributed by atoms with Gasteiger partial charge in [-0.05, 0) is 35.4 Å². The Balaban J connectivity index is 1.97. The van der Waals surface area contributed by atoms with Crippen LogP contribution in [-0.2, 0) is 16.6 Å². The first kappa shape index (κ1) is 16.7. The highest BCUT2D eigenvalue weighted by atomic mass is 35.5. The maximum Gasteiger partial charge on any atom is 0.0850 e. The van der Waals surface area contributed by atoms with Crippen molar-refractivity contribution in [2.24, 2.45) is 0 Å². The zero-order valence-corrected chi connectivity index (χ0v) is 15.1. The van der Waals surface area contributed by atoms with Gasteiger partial charge in [0.25, 0.3) is 0 Å². The van der Waals surface area contributed by atoms with Crippen molar-refractivity contribution in [1.29, 1.82) is 0 Å². The molecule has 1 unspecified atom stereocenters. The van der Waals surface area contributed by atoms with Crippen LogP contribution in [0.3, 0.4) is 0 Å². The summed E-state index contributed by atoms with van der Waals surface area (Å²) >= 11 is 13.5. The molecule has 1 atom stereocenters. The molecular formula is C17H13Cl2NOS2. The Kier molecular flexibility index (Phi) is 5.49. The molecule has 1 aromatic heterocycles. The van der Waals surface area contributed by atoms with Crippen LogP contribution >= 0.6 is 34.5 Å². The number of halogens is 2. The fourth-order valence-corrected chi connectivity index (χ4v) is 4.76. The van der Waals surface area contributed by atoms with Crippen molar-refractivity contribution in [2.45, 2.75) is 11.0 Å². The molecule has 118 valence electrons. The molecular weight excluding hydrogens is 369 g/mol. The van der Waals surface area contributed by atoms with E-state index in [-0.39, 0.29) is 5.25 Å². The van der Waals surface area contributed by atoms with Crippen LogP contribution in [0.1, 0.15) is 22.1 Å². The van der Waals surface area contributed by atoms with Crippen molar-refractivity contribution >= 4 is 45.3 Å². The monoisotopic (exact) mass is 381 g/mol. The summed E-state index contributed by atoms with van der Waals surface area (Å²) in [6.07, 6.45) is 0. The summed E-state index contributed by atoms with van der Waals surface area (Å²) in [5.41, 5.74) is 4.53. The minimum absolute atomic E-state index is 0.244. The highest BCUT2D eigenvalue weighted by molar-refractivity contribution is 7.84. The lowest BCUT2D eigenvalue weighted by atomic mass is 10.0. The minimum Gasteiger partial charge on any atom is -0.258 e. The standard InChI is InChI=1S/C17H13Cl2NOS2/c18-14-5-1-12(2-6-14)17(13-3-7-15(19)8-4-13)23(21)10-16-9-22-11-20-16/h1-9,11,17H,10H2. The molecule has 2 nitrogen and oxygen atoms in total. The summed E-state index contributed by atoms with van der Waals surface area (Å²) in [5.74, 6) is 0.416. The SMILES string of the molecule is O=S(Cc1cscn1)C(c1ccc(Cl)cc1)c1ccc(Cl)cc1. The lowest BCUT2D eigenvalue weighted by molar-refractivity contribution is 0.677. The van der Waals surface area contributed by atoms with Crippen molar-refractivity contribution in [1.82, 2.24) is 4.98 Å². The first-order valence-corrected chi connectivity index (χ1v) is 9.97. The summed E-state index contributed by atoms with van der Waals surface area (Å²) in [5, 5.41) is 3.01. The van der Waals surface area contributed by atoms with E-state index in [1.807, 2.05) is 53.9 Å². The summed E-state index contributed by atoms with van der Waals surface area (Å²) in [7, 11) is -1.14. The van der Waals surface area contributed by atoms with E-state index >= 15 is 0 Å². The number of aromatic nitrogens is 1.